The van der Waals surface area contributed by atoms with E-state index in [0.717, 1.165) is 16.3 Å². The van der Waals surface area contributed by atoms with Gasteiger partial charge in [-0.05, 0) is 42.9 Å². The van der Waals surface area contributed by atoms with Crippen molar-refractivity contribution in [1.29, 1.82) is 0 Å². The van der Waals surface area contributed by atoms with Crippen LogP contribution in [0.3, 0.4) is 0 Å². The Labute approximate surface area is 151 Å². The van der Waals surface area contributed by atoms with E-state index in [9.17, 15) is 0 Å². The van der Waals surface area contributed by atoms with E-state index in [1.807, 2.05) is 72.4 Å². The first-order chi connectivity index (χ1) is 11.6. The van der Waals surface area contributed by atoms with Crippen LogP contribution < -0.4 is 10.6 Å². The molecule has 0 aliphatic carbocycles. The molecule has 0 radical (unpaired) electrons. The van der Waals surface area contributed by atoms with Crippen LogP contribution in [0.4, 0.5) is 11.5 Å². The van der Waals surface area contributed by atoms with Gasteiger partial charge in [0, 0.05) is 23.0 Å². The quantitative estimate of drug-likeness (QED) is 0.665. The topological polar surface area (TPSA) is 41.9 Å². The third-order valence-electron chi connectivity index (χ3n) is 3.48. The zero-order valence-corrected chi connectivity index (χ0v) is 14.7. The largest absolute Gasteiger partial charge is 0.332 e. The van der Waals surface area contributed by atoms with E-state index in [1.54, 1.807) is 0 Å². The van der Waals surface area contributed by atoms with E-state index in [2.05, 4.69) is 15.7 Å². The van der Waals surface area contributed by atoms with Crippen molar-refractivity contribution < 1.29 is 0 Å². The van der Waals surface area contributed by atoms with E-state index in [4.69, 9.17) is 23.8 Å². The third-order valence-corrected chi connectivity index (χ3v) is 4.05. The van der Waals surface area contributed by atoms with Gasteiger partial charge in [-0.3, -0.25) is 4.68 Å². The Bertz CT molecular complexity index is 842. The molecule has 0 spiro atoms. The Morgan fingerprint density at radius 2 is 1.83 bits per heavy atom. The molecule has 0 aliphatic heterocycles. The number of aryl methyl sites for hydroxylation is 1. The zero-order chi connectivity index (χ0) is 16.9. The minimum atomic E-state index is 0.502. The molecule has 0 saturated carbocycles. The van der Waals surface area contributed by atoms with Gasteiger partial charge in [0.05, 0.1) is 6.54 Å². The fourth-order valence-electron chi connectivity index (χ4n) is 2.23. The summed E-state index contributed by atoms with van der Waals surface area (Å²) in [6.07, 6.45) is 1.89. The van der Waals surface area contributed by atoms with Crippen LogP contribution in [0.25, 0.3) is 0 Å². The fourth-order valence-corrected chi connectivity index (χ4v) is 2.65. The Balaban J connectivity index is 1.60. The van der Waals surface area contributed by atoms with Gasteiger partial charge in [-0.15, -0.1) is 0 Å². The van der Waals surface area contributed by atoms with Gasteiger partial charge in [-0.1, -0.05) is 47.5 Å². The van der Waals surface area contributed by atoms with Gasteiger partial charge in [0.15, 0.2) is 10.9 Å². The van der Waals surface area contributed by atoms with Crippen molar-refractivity contribution in [2.24, 2.45) is 0 Å². The lowest BCUT2D eigenvalue weighted by atomic mass is 10.2. The van der Waals surface area contributed by atoms with E-state index in [-0.39, 0.29) is 0 Å². The van der Waals surface area contributed by atoms with Crippen molar-refractivity contribution in [3.63, 3.8) is 0 Å². The number of hydrogen-bond acceptors (Lipinski definition) is 2. The SMILES string of the molecule is Cc1ccc(NC(=S)Nc2ccn(Cc3ccccc3Cl)n2)cc1. The fraction of sp³-hybridized carbons (Fsp3) is 0.111. The minimum Gasteiger partial charge on any atom is -0.332 e. The molecular weight excluding hydrogens is 340 g/mol. The van der Waals surface area contributed by atoms with E-state index in [1.165, 1.54) is 5.56 Å². The zero-order valence-electron chi connectivity index (χ0n) is 13.2. The number of rotatable bonds is 4. The summed E-state index contributed by atoms with van der Waals surface area (Å²) in [4.78, 5) is 0. The summed E-state index contributed by atoms with van der Waals surface area (Å²) in [5.41, 5.74) is 3.17. The van der Waals surface area contributed by atoms with Gasteiger partial charge in [-0.2, -0.15) is 5.10 Å². The normalized spacial score (nSPS) is 10.4. The number of thiocarbonyl (C=S) groups is 1. The third kappa shape index (κ3) is 4.34. The van der Waals surface area contributed by atoms with Gasteiger partial charge >= 0.3 is 0 Å². The molecule has 1 aromatic heterocycles. The maximum absolute atomic E-state index is 6.18. The van der Waals surface area contributed by atoms with Crippen LogP contribution in [-0.4, -0.2) is 14.9 Å². The van der Waals surface area contributed by atoms with Crippen molar-refractivity contribution in [2.45, 2.75) is 13.5 Å². The molecule has 0 saturated heterocycles. The summed E-state index contributed by atoms with van der Waals surface area (Å²) in [7, 11) is 0. The van der Waals surface area contributed by atoms with Crippen molar-refractivity contribution in [1.82, 2.24) is 9.78 Å². The van der Waals surface area contributed by atoms with Crippen molar-refractivity contribution in [3.8, 4) is 0 Å². The van der Waals surface area contributed by atoms with Crippen molar-refractivity contribution >= 4 is 40.4 Å². The van der Waals surface area contributed by atoms with Gasteiger partial charge in [0.25, 0.3) is 0 Å². The molecule has 3 rings (SSSR count). The van der Waals surface area contributed by atoms with Crippen molar-refractivity contribution in [3.05, 3.63) is 76.9 Å². The lowest BCUT2D eigenvalue weighted by Crippen LogP contribution is -2.19. The monoisotopic (exact) mass is 356 g/mol. The summed E-state index contributed by atoms with van der Waals surface area (Å²) in [6, 6.07) is 17.6. The molecule has 122 valence electrons. The van der Waals surface area contributed by atoms with Crippen LogP contribution in [0.2, 0.25) is 5.02 Å². The number of anilines is 2. The van der Waals surface area contributed by atoms with Gasteiger partial charge < -0.3 is 10.6 Å². The van der Waals surface area contributed by atoms with Crippen LogP contribution >= 0.6 is 23.8 Å². The van der Waals surface area contributed by atoms with Crippen LogP contribution in [0.15, 0.2) is 60.8 Å². The summed E-state index contributed by atoms with van der Waals surface area (Å²) in [5.74, 6) is 0.687. The van der Waals surface area contributed by atoms with Crippen LogP contribution in [0, 0.1) is 6.92 Å². The second-order valence-electron chi connectivity index (χ2n) is 5.44. The molecule has 0 atom stereocenters. The number of hydrogen-bond donors (Lipinski definition) is 2. The first-order valence-electron chi connectivity index (χ1n) is 7.52. The molecule has 0 fully saturated rings. The number of nitrogens with one attached hydrogen (secondary N) is 2. The molecular formula is C18H17ClN4S. The first kappa shape index (κ1) is 16.5. The number of benzene rings is 2. The molecule has 0 bridgehead atoms. The second-order valence-corrected chi connectivity index (χ2v) is 6.25. The van der Waals surface area contributed by atoms with E-state index >= 15 is 0 Å². The molecule has 0 aliphatic rings. The van der Waals surface area contributed by atoms with Gasteiger partial charge in [-0.25, -0.2) is 0 Å². The van der Waals surface area contributed by atoms with Gasteiger partial charge in [0.2, 0.25) is 0 Å². The molecule has 2 aromatic carbocycles. The Morgan fingerprint density at radius 1 is 1.08 bits per heavy atom. The second kappa shape index (κ2) is 7.47. The van der Waals surface area contributed by atoms with E-state index < -0.39 is 0 Å². The standard InChI is InChI=1S/C18H17ClN4S/c1-13-6-8-15(9-7-13)20-18(24)21-17-10-11-23(22-17)12-14-4-2-3-5-16(14)19/h2-11H,12H2,1H3,(H2,20,21,22,24). The summed E-state index contributed by atoms with van der Waals surface area (Å²) >= 11 is 11.5. The molecule has 4 nitrogen and oxygen atoms in total. The Kier molecular flexibility index (Phi) is 5.13. The lowest BCUT2D eigenvalue weighted by Gasteiger charge is -2.09. The maximum Gasteiger partial charge on any atom is 0.176 e. The smallest absolute Gasteiger partial charge is 0.176 e. The number of aromatic nitrogens is 2. The minimum absolute atomic E-state index is 0.502. The maximum atomic E-state index is 6.18. The molecule has 3 aromatic rings. The molecule has 2 N–H and O–H groups in total. The predicted molar refractivity (Wildman–Crippen MR) is 104 cm³/mol. The van der Waals surface area contributed by atoms with Crippen LogP contribution in [0.5, 0.6) is 0 Å². The Hall–Kier alpha value is -2.37. The molecule has 6 heteroatoms. The summed E-state index contributed by atoms with van der Waals surface area (Å²) in [6.45, 7) is 2.66. The number of nitrogens with zero attached hydrogens (tertiary/aromatic N) is 2. The summed E-state index contributed by atoms with van der Waals surface area (Å²) < 4.78 is 1.82. The van der Waals surface area contributed by atoms with Crippen molar-refractivity contribution in [2.75, 3.05) is 10.6 Å². The predicted octanol–water partition coefficient (Wildman–Crippen LogP) is 4.70. The highest BCUT2D eigenvalue weighted by atomic mass is 35.5. The molecule has 0 unspecified atom stereocenters. The Morgan fingerprint density at radius 3 is 2.58 bits per heavy atom. The first-order valence-corrected chi connectivity index (χ1v) is 8.30. The molecule has 1 heterocycles. The number of halogens is 1. The molecule has 24 heavy (non-hydrogen) atoms. The highest BCUT2D eigenvalue weighted by Crippen LogP contribution is 2.16. The average molecular weight is 357 g/mol. The van der Waals surface area contributed by atoms with Gasteiger partial charge in [0.1, 0.15) is 0 Å². The lowest BCUT2D eigenvalue weighted by molar-refractivity contribution is 0.690. The molecule has 0 amide bonds. The average Bonchev–Trinajstić information content (AvgIpc) is 2.99. The summed E-state index contributed by atoms with van der Waals surface area (Å²) in [5, 5.41) is 11.9. The highest BCUT2D eigenvalue weighted by Gasteiger charge is 2.05. The van der Waals surface area contributed by atoms with E-state index in [0.29, 0.717) is 17.5 Å². The van der Waals surface area contributed by atoms with Crippen LogP contribution in [-0.2, 0) is 6.54 Å². The van der Waals surface area contributed by atoms with Crippen LogP contribution in [0.1, 0.15) is 11.1 Å². The highest BCUT2D eigenvalue weighted by molar-refractivity contribution is 7.80.